The number of allylic oxidation sites excluding steroid dienone is 1. The van der Waals surface area contributed by atoms with Crippen LogP contribution in [-0.2, 0) is 9.53 Å². The quantitative estimate of drug-likeness (QED) is 0.488. The van der Waals surface area contributed by atoms with E-state index >= 15 is 0 Å². The van der Waals surface area contributed by atoms with E-state index < -0.39 is 17.6 Å². The van der Waals surface area contributed by atoms with Gasteiger partial charge in [-0.05, 0) is 13.3 Å². The van der Waals surface area contributed by atoms with Crippen molar-refractivity contribution in [2.24, 2.45) is 0 Å². The monoisotopic (exact) mass is 178 g/mol. The van der Waals surface area contributed by atoms with Crippen molar-refractivity contribution in [2.75, 3.05) is 6.61 Å². The molecule has 70 valence electrons. The largest absolute Gasteiger partial charge is 0.461 e. The first-order valence-electron chi connectivity index (χ1n) is 3.84. The Morgan fingerprint density at radius 2 is 1.92 bits per heavy atom. The van der Waals surface area contributed by atoms with Gasteiger partial charge < -0.3 is 4.74 Å². The van der Waals surface area contributed by atoms with Crippen molar-refractivity contribution in [3.05, 3.63) is 11.7 Å². The third-order valence-electron chi connectivity index (χ3n) is 1.16. The second-order valence-corrected chi connectivity index (χ2v) is 2.19. The zero-order valence-corrected chi connectivity index (χ0v) is 7.19. The number of rotatable bonds is 4. The molecule has 0 N–H and O–H groups in total. The van der Waals surface area contributed by atoms with E-state index in [1.165, 1.54) is 6.92 Å². The Kier molecular flexibility index (Phi) is 5.25. The molecule has 0 rings (SSSR count). The molecular formula is C8H12F2O2. The summed E-state index contributed by atoms with van der Waals surface area (Å²) in [5, 5.41) is 0. The highest BCUT2D eigenvalue weighted by Crippen LogP contribution is 2.14. The van der Waals surface area contributed by atoms with Gasteiger partial charge >= 0.3 is 5.97 Å². The molecule has 0 aliphatic carbocycles. The van der Waals surface area contributed by atoms with Crippen molar-refractivity contribution in [1.82, 2.24) is 0 Å². The molecule has 0 aromatic heterocycles. The van der Waals surface area contributed by atoms with Gasteiger partial charge in [0.1, 0.15) is 5.83 Å². The topological polar surface area (TPSA) is 26.3 Å². The van der Waals surface area contributed by atoms with E-state index in [1.54, 1.807) is 6.92 Å². The number of halogens is 2. The summed E-state index contributed by atoms with van der Waals surface area (Å²) in [5.74, 6) is -3.65. The van der Waals surface area contributed by atoms with Crippen LogP contribution in [0.15, 0.2) is 11.7 Å². The van der Waals surface area contributed by atoms with Gasteiger partial charge in [0.25, 0.3) is 0 Å². The molecule has 0 bridgehead atoms. The SMILES string of the molecule is CCCC(F)=C(F)C(=O)OCC. The summed E-state index contributed by atoms with van der Waals surface area (Å²) in [7, 11) is 0. The maximum Gasteiger partial charge on any atom is 0.369 e. The van der Waals surface area contributed by atoms with E-state index in [0.717, 1.165) is 0 Å². The van der Waals surface area contributed by atoms with Crippen LogP contribution in [0.2, 0.25) is 0 Å². The maximum absolute atomic E-state index is 12.6. The van der Waals surface area contributed by atoms with E-state index in [1.807, 2.05) is 0 Å². The molecule has 0 saturated heterocycles. The molecule has 0 aromatic rings. The standard InChI is InChI=1S/C8H12F2O2/c1-3-5-6(9)7(10)8(11)12-4-2/h3-5H2,1-2H3. The van der Waals surface area contributed by atoms with Crippen LogP contribution < -0.4 is 0 Å². The average molecular weight is 178 g/mol. The smallest absolute Gasteiger partial charge is 0.369 e. The van der Waals surface area contributed by atoms with Crippen LogP contribution in [0.5, 0.6) is 0 Å². The van der Waals surface area contributed by atoms with Crippen LogP contribution in [-0.4, -0.2) is 12.6 Å². The number of hydrogen-bond donors (Lipinski definition) is 0. The molecule has 0 radical (unpaired) electrons. The van der Waals surface area contributed by atoms with E-state index in [2.05, 4.69) is 4.74 Å². The van der Waals surface area contributed by atoms with Crippen LogP contribution >= 0.6 is 0 Å². The third-order valence-corrected chi connectivity index (χ3v) is 1.16. The van der Waals surface area contributed by atoms with Gasteiger partial charge in [0.15, 0.2) is 0 Å². The number of esters is 1. The Bertz CT molecular complexity index is 187. The molecule has 0 aliphatic heterocycles. The van der Waals surface area contributed by atoms with Gasteiger partial charge in [0.05, 0.1) is 6.61 Å². The van der Waals surface area contributed by atoms with Gasteiger partial charge in [-0.15, -0.1) is 0 Å². The van der Waals surface area contributed by atoms with Crippen molar-refractivity contribution in [2.45, 2.75) is 26.7 Å². The fourth-order valence-corrected chi connectivity index (χ4v) is 0.634. The van der Waals surface area contributed by atoms with Gasteiger partial charge in [-0.3, -0.25) is 0 Å². The van der Waals surface area contributed by atoms with E-state index in [9.17, 15) is 13.6 Å². The molecule has 0 unspecified atom stereocenters. The van der Waals surface area contributed by atoms with Crippen molar-refractivity contribution >= 4 is 5.97 Å². The van der Waals surface area contributed by atoms with Crippen molar-refractivity contribution in [1.29, 1.82) is 0 Å². The Morgan fingerprint density at radius 1 is 1.33 bits per heavy atom. The second kappa shape index (κ2) is 5.69. The summed E-state index contributed by atoms with van der Waals surface area (Å²) in [6, 6.07) is 0. The van der Waals surface area contributed by atoms with Crippen LogP contribution in [0.1, 0.15) is 26.7 Å². The minimum absolute atomic E-state index is 0.0473. The minimum atomic E-state index is -1.40. The van der Waals surface area contributed by atoms with Crippen molar-refractivity contribution < 1.29 is 18.3 Å². The zero-order valence-electron chi connectivity index (χ0n) is 7.19. The highest BCUT2D eigenvalue weighted by atomic mass is 19.2. The lowest BCUT2D eigenvalue weighted by molar-refractivity contribution is -0.140. The first-order chi connectivity index (χ1) is 5.63. The van der Waals surface area contributed by atoms with Crippen LogP contribution in [0.25, 0.3) is 0 Å². The predicted molar refractivity (Wildman–Crippen MR) is 40.8 cm³/mol. The zero-order chi connectivity index (χ0) is 9.56. The Labute approximate surface area is 70.2 Å². The molecule has 0 aliphatic rings. The summed E-state index contributed by atoms with van der Waals surface area (Å²) in [4.78, 5) is 10.6. The van der Waals surface area contributed by atoms with Crippen molar-refractivity contribution in [3.8, 4) is 0 Å². The molecular weight excluding hydrogens is 166 g/mol. The normalized spacial score (nSPS) is 12.3. The number of carbonyl (C=O) groups is 1. The number of hydrogen-bond acceptors (Lipinski definition) is 2. The van der Waals surface area contributed by atoms with Crippen LogP contribution in [0, 0.1) is 0 Å². The van der Waals surface area contributed by atoms with Crippen molar-refractivity contribution in [3.63, 3.8) is 0 Å². The third kappa shape index (κ3) is 3.46. The lowest BCUT2D eigenvalue weighted by Crippen LogP contribution is -2.05. The number of ether oxygens (including phenoxy) is 1. The fourth-order valence-electron chi connectivity index (χ4n) is 0.634. The average Bonchev–Trinajstić information content (AvgIpc) is 2.04. The Morgan fingerprint density at radius 3 is 2.33 bits per heavy atom. The summed E-state index contributed by atoms with van der Waals surface area (Å²) in [5.41, 5.74) is 0. The summed E-state index contributed by atoms with van der Waals surface area (Å²) in [6.45, 7) is 3.27. The van der Waals surface area contributed by atoms with Crippen LogP contribution in [0.3, 0.4) is 0 Å². The van der Waals surface area contributed by atoms with Gasteiger partial charge in [0, 0.05) is 6.42 Å². The maximum atomic E-state index is 12.6. The molecule has 0 fully saturated rings. The Balaban J connectivity index is 4.22. The molecule has 0 saturated carbocycles. The molecule has 4 heteroatoms. The molecule has 0 spiro atoms. The van der Waals surface area contributed by atoms with E-state index in [-0.39, 0.29) is 13.0 Å². The summed E-state index contributed by atoms with van der Waals surface area (Å²) < 4.78 is 29.4. The minimum Gasteiger partial charge on any atom is -0.461 e. The highest BCUT2D eigenvalue weighted by molar-refractivity contribution is 5.86. The van der Waals surface area contributed by atoms with Gasteiger partial charge in [-0.1, -0.05) is 6.92 Å². The fraction of sp³-hybridized carbons (Fsp3) is 0.625. The van der Waals surface area contributed by atoms with Crippen LogP contribution in [0.4, 0.5) is 8.78 Å². The van der Waals surface area contributed by atoms with E-state index in [4.69, 9.17) is 0 Å². The summed E-state index contributed by atoms with van der Waals surface area (Å²) in [6.07, 6.45) is 0.392. The number of carbonyl (C=O) groups excluding carboxylic acids is 1. The molecule has 0 amide bonds. The predicted octanol–water partition coefficient (Wildman–Crippen LogP) is 2.50. The summed E-state index contributed by atoms with van der Waals surface area (Å²) >= 11 is 0. The lowest BCUT2D eigenvalue weighted by atomic mass is 10.3. The molecule has 0 atom stereocenters. The van der Waals surface area contributed by atoms with Gasteiger partial charge in [0.2, 0.25) is 5.83 Å². The first-order valence-corrected chi connectivity index (χ1v) is 3.84. The lowest BCUT2D eigenvalue weighted by Gasteiger charge is -1.99. The molecule has 12 heavy (non-hydrogen) atoms. The molecule has 2 nitrogen and oxygen atoms in total. The second-order valence-electron chi connectivity index (χ2n) is 2.19. The molecule has 0 aromatic carbocycles. The van der Waals surface area contributed by atoms with Gasteiger partial charge in [-0.2, -0.15) is 4.39 Å². The van der Waals surface area contributed by atoms with Gasteiger partial charge in [-0.25, -0.2) is 9.18 Å². The Hall–Kier alpha value is -0.930. The van der Waals surface area contributed by atoms with E-state index in [0.29, 0.717) is 6.42 Å². The highest BCUT2D eigenvalue weighted by Gasteiger charge is 2.15. The first kappa shape index (κ1) is 11.1. The molecule has 0 heterocycles.